The van der Waals surface area contributed by atoms with Gasteiger partial charge in [0, 0.05) is 0 Å². The Bertz CT molecular complexity index is 900. The van der Waals surface area contributed by atoms with E-state index in [2.05, 4.69) is 0 Å². The van der Waals surface area contributed by atoms with E-state index in [0.29, 0.717) is 36.0 Å². The fraction of sp³-hybridized carbons (Fsp3) is 0.280. The molecule has 1 aliphatic carbocycles. The molecule has 1 aliphatic rings. The van der Waals surface area contributed by atoms with Crippen LogP contribution >= 0.6 is 0 Å². The second kappa shape index (κ2) is 11.6. The number of benzene rings is 2. The van der Waals surface area contributed by atoms with Gasteiger partial charge in [-0.25, -0.2) is 4.79 Å². The Kier molecular flexibility index (Phi) is 8.29. The smallest absolute Gasteiger partial charge is 0.343 e. The Morgan fingerprint density at radius 2 is 1.39 bits per heavy atom. The Balaban J connectivity index is 1.31. The molecule has 31 heavy (non-hydrogen) atoms. The SMILES string of the molecule is COc1ccc(OC(=O)c2ccc(OCCCCCOC(=O)C3C=CC=C3)cc2)cc1. The summed E-state index contributed by atoms with van der Waals surface area (Å²) in [7, 11) is 1.58. The molecule has 0 saturated carbocycles. The second-order valence-electron chi connectivity index (χ2n) is 6.96. The van der Waals surface area contributed by atoms with E-state index in [4.69, 9.17) is 18.9 Å². The number of allylic oxidation sites excluding steroid dienone is 2. The summed E-state index contributed by atoms with van der Waals surface area (Å²) < 4.78 is 21.4. The largest absolute Gasteiger partial charge is 0.497 e. The van der Waals surface area contributed by atoms with Crippen LogP contribution < -0.4 is 14.2 Å². The summed E-state index contributed by atoms with van der Waals surface area (Å²) >= 11 is 0. The van der Waals surface area contributed by atoms with E-state index in [0.717, 1.165) is 19.3 Å². The molecule has 6 heteroatoms. The van der Waals surface area contributed by atoms with Gasteiger partial charge in [0.1, 0.15) is 17.2 Å². The second-order valence-corrected chi connectivity index (χ2v) is 6.96. The first-order valence-electron chi connectivity index (χ1n) is 10.3. The zero-order valence-electron chi connectivity index (χ0n) is 17.5. The standard InChI is InChI=1S/C25H26O6/c1-28-21-13-15-23(16-14-21)31-25(27)20-9-11-22(12-10-20)29-17-5-2-6-18-30-24(26)19-7-3-4-8-19/h3-4,7-16,19H,2,5-6,17-18H2,1H3. The normalized spacial score (nSPS) is 12.5. The predicted octanol–water partition coefficient (Wildman–Crippen LogP) is 4.75. The van der Waals surface area contributed by atoms with Crippen LogP contribution in [-0.4, -0.2) is 32.3 Å². The summed E-state index contributed by atoms with van der Waals surface area (Å²) in [6, 6.07) is 13.7. The van der Waals surface area contributed by atoms with Crippen molar-refractivity contribution in [3.63, 3.8) is 0 Å². The molecule has 0 bridgehead atoms. The minimum Gasteiger partial charge on any atom is -0.497 e. The number of ether oxygens (including phenoxy) is 4. The van der Waals surface area contributed by atoms with E-state index < -0.39 is 5.97 Å². The summed E-state index contributed by atoms with van der Waals surface area (Å²) in [5.74, 6) is 0.961. The maximum absolute atomic E-state index is 12.2. The van der Waals surface area contributed by atoms with Gasteiger partial charge in [-0.15, -0.1) is 0 Å². The molecule has 0 atom stereocenters. The van der Waals surface area contributed by atoms with Crippen LogP contribution in [0.2, 0.25) is 0 Å². The highest BCUT2D eigenvalue weighted by Crippen LogP contribution is 2.19. The molecule has 0 spiro atoms. The van der Waals surface area contributed by atoms with Crippen LogP contribution in [-0.2, 0) is 9.53 Å². The van der Waals surface area contributed by atoms with Crippen molar-refractivity contribution in [1.82, 2.24) is 0 Å². The molecule has 2 aromatic rings. The Morgan fingerprint density at radius 3 is 2.06 bits per heavy atom. The van der Waals surface area contributed by atoms with Gasteiger partial charge in [-0.05, 0) is 67.8 Å². The number of methoxy groups -OCH3 is 1. The Hall–Kier alpha value is -3.54. The third kappa shape index (κ3) is 7.03. The van der Waals surface area contributed by atoms with Crippen molar-refractivity contribution in [2.45, 2.75) is 19.3 Å². The van der Waals surface area contributed by atoms with Crippen LogP contribution in [0.5, 0.6) is 17.2 Å². The molecule has 162 valence electrons. The number of unbranched alkanes of at least 4 members (excludes halogenated alkanes) is 2. The number of esters is 2. The molecule has 0 heterocycles. The topological polar surface area (TPSA) is 71.1 Å². The van der Waals surface area contributed by atoms with Gasteiger partial charge in [-0.1, -0.05) is 24.3 Å². The first-order chi connectivity index (χ1) is 15.2. The fourth-order valence-corrected chi connectivity index (χ4v) is 2.93. The summed E-state index contributed by atoms with van der Waals surface area (Å²) in [6.07, 6.45) is 9.88. The highest BCUT2D eigenvalue weighted by atomic mass is 16.5. The summed E-state index contributed by atoms with van der Waals surface area (Å²) in [6.45, 7) is 0.972. The Labute approximate surface area is 182 Å². The van der Waals surface area contributed by atoms with Gasteiger partial charge >= 0.3 is 11.9 Å². The van der Waals surface area contributed by atoms with Crippen LogP contribution in [0.25, 0.3) is 0 Å². The highest BCUT2D eigenvalue weighted by molar-refractivity contribution is 5.91. The van der Waals surface area contributed by atoms with Gasteiger partial charge in [0.15, 0.2) is 0 Å². The van der Waals surface area contributed by atoms with Crippen molar-refractivity contribution in [3.8, 4) is 17.2 Å². The van der Waals surface area contributed by atoms with Crippen LogP contribution in [0.15, 0.2) is 72.8 Å². The molecule has 0 saturated heterocycles. The maximum atomic E-state index is 12.2. The molecular formula is C25H26O6. The summed E-state index contributed by atoms with van der Waals surface area (Å²) in [5, 5.41) is 0. The Morgan fingerprint density at radius 1 is 0.774 bits per heavy atom. The van der Waals surface area contributed by atoms with Crippen LogP contribution in [0.1, 0.15) is 29.6 Å². The molecule has 0 aromatic heterocycles. The van der Waals surface area contributed by atoms with Crippen LogP contribution in [0.3, 0.4) is 0 Å². The van der Waals surface area contributed by atoms with Crippen molar-refractivity contribution in [2.24, 2.45) is 5.92 Å². The molecule has 0 fully saturated rings. The minimum atomic E-state index is -0.435. The minimum absolute atomic E-state index is 0.202. The summed E-state index contributed by atoms with van der Waals surface area (Å²) in [4.78, 5) is 24.0. The van der Waals surface area contributed by atoms with Gasteiger partial charge in [0.25, 0.3) is 0 Å². The van der Waals surface area contributed by atoms with Gasteiger partial charge in [0.2, 0.25) is 0 Å². The maximum Gasteiger partial charge on any atom is 0.343 e. The third-order valence-corrected chi connectivity index (χ3v) is 4.68. The van der Waals surface area contributed by atoms with E-state index in [1.807, 2.05) is 24.3 Å². The number of carbonyl (C=O) groups excluding carboxylic acids is 2. The van der Waals surface area contributed by atoms with E-state index in [1.165, 1.54) is 0 Å². The zero-order valence-corrected chi connectivity index (χ0v) is 17.5. The molecule has 3 rings (SSSR count). The third-order valence-electron chi connectivity index (χ3n) is 4.68. The van der Waals surface area contributed by atoms with Gasteiger partial charge in [-0.2, -0.15) is 0 Å². The number of hydrogen-bond donors (Lipinski definition) is 0. The lowest BCUT2D eigenvalue weighted by molar-refractivity contribution is -0.145. The van der Waals surface area contributed by atoms with Gasteiger partial charge in [-0.3, -0.25) is 4.79 Å². The predicted molar refractivity (Wildman–Crippen MR) is 116 cm³/mol. The van der Waals surface area contributed by atoms with E-state index >= 15 is 0 Å². The monoisotopic (exact) mass is 422 g/mol. The number of carbonyl (C=O) groups is 2. The molecule has 0 radical (unpaired) electrons. The highest BCUT2D eigenvalue weighted by Gasteiger charge is 2.15. The lowest BCUT2D eigenvalue weighted by Gasteiger charge is -2.09. The van der Waals surface area contributed by atoms with Crippen LogP contribution in [0.4, 0.5) is 0 Å². The number of rotatable bonds is 11. The van der Waals surface area contributed by atoms with Crippen molar-refractivity contribution in [3.05, 3.63) is 78.4 Å². The van der Waals surface area contributed by atoms with Gasteiger partial charge in [0.05, 0.1) is 31.8 Å². The molecule has 2 aromatic carbocycles. The van der Waals surface area contributed by atoms with Crippen molar-refractivity contribution >= 4 is 11.9 Å². The van der Waals surface area contributed by atoms with E-state index in [1.54, 1.807) is 55.6 Å². The van der Waals surface area contributed by atoms with E-state index in [9.17, 15) is 9.59 Å². The quantitative estimate of drug-likeness (QED) is 0.296. The van der Waals surface area contributed by atoms with Crippen LogP contribution in [0, 0.1) is 5.92 Å². The van der Waals surface area contributed by atoms with Crippen molar-refractivity contribution in [1.29, 1.82) is 0 Å². The lowest BCUT2D eigenvalue weighted by atomic mass is 10.2. The average molecular weight is 422 g/mol. The summed E-state index contributed by atoms with van der Waals surface area (Å²) in [5.41, 5.74) is 0.442. The molecule has 0 N–H and O–H groups in total. The zero-order chi connectivity index (χ0) is 21.9. The first-order valence-corrected chi connectivity index (χ1v) is 10.3. The number of hydrogen-bond acceptors (Lipinski definition) is 6. The fourth-order valence-electron chi connectivity index (χ4n) is 2.93. The molecule has 0 unspecified atom stereocenters. The average Bonchev–Trinajstić information content (AvgIpc) is 3.34. The molecule has 0 aliphatic heterocycles. The molecular weight excluding hydrogens is 396 g/mol. The first kappa shape index (κ1) is 22.2. The van der Waals surface area contributed by atoms with Crippen molar-refractivity contribution in [2.75, 3.05) is 20.3 Å². The van der Waals surface area contributed by atoms with E-state index in [-0.39, 0.29) is 11.9 Å². The lowest BCUT2D eigenvalue weighted by Crippen LogP contribution is -2.13. The molecule has 0 amide bonds. The van der Waals surface area contributed by atoms with Gasteiger partial charge < -0.3 is 18.9 Å². The molecule has 6 nitrogen and oxygen atoms in total. The van der Waals surface area contributed by atoms with Crippen molar-refractivity contribution < 1.29 is 28.5 Å².